The molecule has 3 rings (SSSR count). The molecule has 0 saturated carbocycles. The van der Waals surface area contributed by atoms with Crippen molar-refractivity contribution in [3.05, 3.63) is 63.7 Å². The summed E-state index contributed by atoms with van der Waals surface area (Å²) in [5, 5.41) is 3.69. The minimum atomic E-state index is -0.0320. The summed E-state index contributed by atoms with van der Waals surface area (Å²) in [4.78, 5) is 12.5. The number of fused-ring (bicyclic) bond motifs is 1. The van der Waals surface area contributed by atoms with E-state index in [1.165, 1.54) is 17.5 Å². The summed E-state index contributed by atoms with van der Waals surface area (Å²) in [5.41, 5.74) is 5.09. The van der Waals surface area contributed by atoms with E-state index in [4.69, 9.17) is 11.6 Å². The lowest BCUT2D eigenvalue weighted by Crippen LogP contribution is -2.17. The Hall–Kier alpha value is -1.80. The summed E-state index contributed by atoms with van der Waals surface area (Å²) >= 11 is 6.02. The van der Waals surface area contributed by atoms with Crippen LogP contribution in [0.3, 0.4) is 0 Å². The second-order valence-corrected chi connectivity index (χ2v) is 5.98. The van der Waals surface area contributed by atoms with Gasteiger partial charge in [0.05, 0.1) is 0 Å². The third kappa shape index (κ3) is 2.96. The van der Waals surface area contributed by atoms with Gasteiger partial charge in [0.25, 0.3) is 5.91 Å². The monoisotopic (exact) mass is 299 g/mol. The van der Waals surface area contributed by atoms with Crippen LogP contribution in [-0.4, -0.2) is 5.91 Å². The summed E-state index contributed by atoms with van der Waals surface area (Å²) in [6, 6.07) is 11.6. The van der Waals surface area contributed by atoms with E-state index in [1.54, 1.807) is 0 Å². The van der Waals surface area contributed by atoms with Gasteiger partial charge < -0.3 is 5.32 Å². The molecule has 0 unspecified atom stereocenters. The number of carbonyl (C=O) groups excluding carboxylic acids is 1. The van der Waals surface area contributed by atoms with E-state index >= 15 is 0 Å². The third-order valence-corrected chi connectivity index (χ3v) is 4.48. The molecule has 0 saturated heterocycles. The van der Waals surface area contributed by atoms with E-state index in [9.17, 15) is 4.79 Å². The van der Waals surface area contributed by atoms with E-state index in [0.717, 1.165) is 36.1 Å². The number of anilines is 1. The molecule has 3 heteroatoms. The molecule has 0 aliphatic heterocycles. The van der Waals surface area contributed by atoms with E-state index < -0.39 is 0 Å². The quantitative estimate of drug-likeness (QED) is 0.849. The molecule has 0 spiro atoms. The highest BCUT2D eigenvalue weighted by atomic mass is 35.5. The maximum atomic E-state index is 12.5. The predicted octanol–water partition coefficient (Wildman–Crippen LogP) is 4.78. The minimum absolute atomic E-state index is 0.0320. The van der Waals surface area contributed by atoms with Crippen LogP contribution in [0.2, 0.25) is 5.02 Å². The van der Waals surface area contributed by atoms with Gasteiger partial charge in [-0.15, -0.1) is 0 Å². The maximum Gasteiger partial charge on any atom is 0.255 e. The molecule has 0 atom stereocenters. The molecule has 2 aromatic rings. The molecule has 0 heterocycles. The van der Waals surface area contributed by atoms with E-state index in [0.29, 0.717) is 5.02 Å². The maximum absolute atomic E-state index is 12.5. The second kappa shape index (κ2) is 5.90. The molecule has 0 radical (unpaired) electrons. The Morgan fingerprint density at radius 2 is 1.95 bits per heavy atom. The fraction of sp³-hybridized carbons (Fsp3) is 0.278. The van der Waals surface area contributed by atoms with Gasteiger partial charge in [0, 0.05) is 16.3 Å². The van der Waals surface area contributed by atoms with Gasteiger partial charge in [-0.25, -0.2) is 0 Å². The number of benzene rings is 2. The van der Waals surface area contributed by atoms with Crippen LogP contribution in [0.4, 0.5) is 5.69 Å². The lowest BCUT2D eigenvalue weighted by molar-refractivity contribution is 0.102. The Balaban J connectivity index is 1.87. The second-order valence-electron chi connectivity index (χ2n) is 5.57. The zero-order chi connectivity index (χ0) is 14.8. The molecule has 0 bridgehead atoms. The SMILES string of the molecule is Cc1cc(NC(=O)c2cccc3c2CCCC3)ccc1Cl. The van der Waals surface area contributed by atoms with Gasteiger partial charge in [-0.3, -0.25) is 4.79 Å². The number of rotatable bonds is 2. The van der Waals surface area contributed by atoms with Crippen molar-refractivity contribution in [2.45, 2.75) is 32.6 Å². The van der Waals surface area contributed by atoms with Crippen LogP contribution in [0.5, 0.6) is 0 Å². The predicted molar refractivity (Wildman–Crippen MR) is 87.2 cm³/mol. The van der Waals surface area contributed by atoms with Gasteiger partial charge in [0.1, 0.15) is 0 Å². The van der Waals surface area contributed by atoms with Crippen LogP contribution < -0.4 is 5.32 Å². The van der Waals surface area contributed by atoms with Crippen molar-refractivity contribution in [3.63, 3.8) is 0 Å². The standard InChI is InChI=1S/C18H18ClNO/c1-12-11-14(9-10-17(12)19)20-18(21)16-8-4-6-13-5-2-3-7-15(13)16/h4,6,8-11H,2-3,5,7H2,1H3,(H,20,21). The number of nitrogens with one attached hydrogen (secondary N) is 1. The summed E-state index contributed by atoms with van der Waals surface area (Å²) in [5.74, 6) is -0.0320. The zero-order valence-corrected chi connectivity index (χ0v) is 12.8. The van der Waals surface area contributed by atoms with Crippen molar-refractivity contribution in [1.82, 2.24) is 0 Å². The number of amides is 1. The number of halogens is 1. The smallest absolute Gasteiger partial charge is 0.255 e. The molecule has 108 valence electrons. The first-order chi connectivity index (χ1) is 10.1. The highest BCUT2D eigenvalue weighted by molar-refractivity contribution is 6.31. The number of hydrogen-bond acceptors (Lipinski definition) is 1. The van der Waals surface area contributed by atoms with Gasteiger partial charge in [-0.2, -0.15) is 0 Å². The van der Waals surface area contributed by atoms with Crippen molar-refractivity contribution in [1.29, 1.82) is 0 Å². The van der Waals surface area contributed by atoms with Crippen molar-refractivity contribution in [3.8, 4) is 0 Å². The average Bonchev–Trinajstić information content (AvgIpc) is 2.50. The first-order valence-electron chi connectivity index (χ1n) is 7.33. The summed E-state index contributed by atoms with van der Waals surface area (Å²) in [6.45, 7) is 1.93. The molecule has 1 amide bonds. The lowest BCUT2D eigenvalue weighted by Gasteiger charge is -2.19. The largest absolute Gasteiger partial charge is 0.322 e. The normalized spacial score (nSPS) is 13.6. The highest BCUT2D eigenvalue weighted by Crippen LogP contribution is 2.26. The number of aryl methyl sites for hydroxylation is 2. The Morgan fingerprint density at radius 1 is 1.14 bits per heavy atom. The van der Waals surface area contributed by atoms with Crippen molar-refractivity contribution < 1.29 is 4.79 Å². The van der Waals surface area contributed by atoms with Gasteiger partial charge >= 0.3 is 0 Å². The molecule has 2 nitrogen and oxygen atoms in total. The van der Waals surface area contributed by atoms with Crippen molar-refractivity contribution >= 4 is 23.2 Å². The van der Waals surface area contributed by atoms with E-state index in [1.807, 2.05) is 37.3 Å². The van der Waals surface area contributed by atoms with E-state index in [2.05, 4.69) is 11.4 Å². The zero-order valence-electron chi connectivity index (χ0n) is 12.1. The summed E-state index contributed by atoms with van der Waals surface area (Å²) in [7, 11) is 0. The molecular formula is C18H18ClNO. The Bertz CT molecular complexity index is 694. The number of carbonyl (C=O) groups is 1. The molecule has 0 fully saturated rings. The molecule has 1 aliphatic rings. The summed E-state index contributed by atoms with van der Waals surface area (Å²) in [6.07, 6.45) is 4.46. The van der Waals surface area contributed by atoms with Crippen LogP contribution in [0.15, 0.2) is 36.4 Å². The third-order valence-electron chi connectivity index (χ3n) is 4.06. The first kappa shape index (κ1) is 14.2. The van der Waals surface area contributed by atoms with Crippen LogP contribution >= 0.6 is 11.6 Å². The van der Waals surface area contributed by atoms with Crippen LogP contribution in [0.25, 0.3) is 0 Å². The van der Waals surface area contributed by atoms with Gasteiger partial charge in [0.15, 0.2) is 0 Å². The molecule has 0 aromatic heterocycles. The van der Waals surface area contributed by atoms with Gasteiger partial charge in [-0.05, 0) is 73.6 Å². The van der Waals surface area contributed by atoms with Crippen molar-refractivity contribution in [2.24, 2.45) is 0 Å². The lowest BCUT2D eigenvalue weighted by atomic mass is 9.88. The topological polar surface area (TPSA) is 29.1 Å². The Kier molecular flexibility index (Phi) is 3.98. The molecule has 21 heavy (non-hydrogen) atoms. The van der Waals surface area contributed by atoms with Gasteiger partial charge in [0.2, 0.25) is 0 Å². The summed E-state index contributed by atoms with van der Waals surface area (Å²) < 4.78 is 0. The molecule has 1 N–H and O–H groups in total. The first-order valence-corrected chi connectivity index (χ1v) is 7.71. The number of hydrogen-bond donors (Lipinski definition) is 1. The van der Waals surface area contributed by atoms with Gasteiger partial charge in [-0.1, -0.05) is 23.7 Å². The average molecular weight is 300 g/mol. The van der Waals surface area contributed by atoms with Crippen LogP contribution in [-0.2, 0) is 12.8 Å². The van der Waals surface area contributed by atoms with Crippen LogP contribution in [0, 0.1) is 6.92 Å². The fourth-order valence-corrected chi connectivity index (χ4v) is 3.03. The van der Waals surface area contributed by atoms with Crippen molar-refractivity contribution in [2.75, 3.05) is 5.32 Å². The minimum Gasteiger partial charge on any atom is -0.322 e. The Labute approximate surface area is 130 Å². The van der Waals surface area contributed by atoms with E-state index in [-0.39, 0.29) is 5.91 Å². The highest BCUT2D eigenvalue weighted by Gasteiger charge is 2.17. The Morgan fingerprint density at radius 3 is 2.76 bits per heavy atom. The molecular weight excluding hydrogens is 282 g/mol. The fourth-order valence-electron chi connectivity index (χ4n) is 2.91. The van der Waals surface area contributed by atoms with Crippen LogP contribution in [0.1, 0.15) is 39.9 Å². The molecule has 1 aliphatic carbocycles. The molecule has 2 aromatic carbocycles.